The molecular weight excluding hydrogens is 320 g/mol. The maximum absolute atomic E-state index is 12.8. The van der Waals surface area contributed by atoms with Gasteiger partial charge in [0.25, 0.3) is 5.91 Å². The molecule has 6 nitrogen and oxygen atoms in total. The number of benzene rings is 1. The molecule has 0 radical (unpaired) electrons. The van der Waals surface area contributed by atoms with Crippen LogP contribution in [0.15, 0.2) is 12.1 Å². The topological polar surface area (TPSA) is 67.9 Å². The number of hydrogen-bond donors (Lipinski definition) is 1. The fourth-order valence-electron chi connectivity index (χ4n) is 3.13. The fourth-order valence-corrected chi connectivity index (χ4v) is 3.13. The van der Waals surface area contributed by atoms with Crippen LogP contribution in [0, 0.1) is 12.8 Å². The fraction of sp³-hybridized carbons (Fsp3) is 0.579. The molecule has 1 saturated heterocycles. The van der Waals surface area contributed by atoms with E-state index in [1.807, 2.05) is 13.8 Å². The van der Waals surface area contributed by atoms with Gasteiger partial charge in [0.05, 0.1) is 14.2 Å². The lowest BCUT2D eigenvalue weighted by atomic mass is 9.95. The molecule has 2 amide bonds. The molecule has 0 saturated carbocycles. The van der Waals surface area contributed by atoms with Gasteiger partial charge >= 0.3 is 0 Å². The zero-order chi connectivity index (χ0) is 18.4. The molecule has 6 heteroatoms. The number of amides is 2. The lowest BCUT2D eigenvalue weighted by molar-refractivity contribution is -0.126. The first-order chi connectivity index (χ1) is 12.0. The Kier molecular flexibility index (Phi) is 6.67. The molecule has 1 N–H and O–H groups in total. The average Bonchev–Trinajstić information content (AvgIpc) is 2.65. The number of methoxy groups -OCH3 is 2. The number of hydrogen-bond acceptors (Lipinski definition) is 4. The maximum Gasteiger partial charge on any atom is 0.254 e. The van der Waals surface area contributed by atoms with Crippen molar-refractivity contribution < 1.29 is 19.1 Å². The van der Waals surface area contributed by atoms with Crippen molar-refractivity contribution >= 4 is 11.8 Å². The Hall–Kier alpha value is -2.24. The quantitative estimate of drug-likeness (QED) is 0.857. The Bertz CT molecular complexity index is 597. The molecular formula is C19H28N2O4. The molecule has 0 atom stereocenters. The van der Waals surface area contributed by atoms with Gasteiger partial charge in [-0.25, -0.2) is 0 Å². The van der Waals surface area contributed by atoms with Crippen molar-refractivity contribution in [3.63, 3.8) is 0 Å². The first kappa shape index (κ1) is 19.1. The van der Waals surface area contributed by atoms with Gasteiger partial charge in [-0.15, -0.1) is 0 Å². The summed E-state index contributed by atoms with van der Waals surface area (Å²) < 4.78 is 10.7. The van der Waals surface area contributed by atoms with E-state index in [-0.39, 0.29) is 17.7 Å². The monoisotopic (exact) mass is 348 g/mol. The molecule has 138 valence electrons. The van der Waals surface area contributed by atoms with Gasteiger partial charge in [-0.2, -0.15) is 0 Å². The number of carbonyl (C=O) groups excluding carboxylic acids is 2. The molecule has 1 aliphatic rings. The van der Waals surface area contributed by atoms with Gasteiger partial charge in [0.15, 0.2) is 0 Å². The highest BCUT2D eigenvalue weighted by Gasteiger charge is 2.28. The van der Waals surface area contributed by atoms with Gasteiger partial charge in [-0.3, -0.25) is 9.59 Å². The molecule has 0 unspecified atom stereocenters. The Morgan fingerprint density at radius 1 is 1.16 bits per heavy atom. The summed E-state index contributed by atoms with van der Waals surface area (Å²) in [7, 11) is 3.16. The summed E-state index contributed by atoms with van der Waals surface area (Å²) in [6, 6.07) is 3.50. The molecule has 1 aromatic rings. The first-order valence-electron chi connectivity index (χ1n) is 8.81. The summed E-state index contributed by atoms with van der Waals surface area (Å²) >= 11 is 0. The Morgan fingerprint density at radius 2 is 1.72 bits per heavy atom. The molecule has 0 aromatic heterocycles. The normalized spacial score (nSPS) is 15.0. The Morgan fingerprint density at radius 3 is 2.20 bits per heavy atom. The van der Waals surface area contributed by atoms with Crippen molar-refractivity contribution in [1.29, 1.82) is 0 Å². The van der Waals surface area contributed by atoms with E-state index in [2.05, 4.69) is 5.32 Å². The van der Waals surface area contributed by atoms with Gasteiger partial charge in [0, 0.05) is 36.7 Å². The van der Waals surface area contributed by atoms with Gasteiger partial charge < -0.3 is 19.7 Å². The summed E-state index contributed by atoms with van der Waals surface area (Å²) in [6.07, 6.45) is 2.32. The zero-order valence-electron chi connectivity index (χ0n) is 15.6. The Labute approximate surface area is 149 Å². The van der Waals surface area contributed by atoms with E-state index < -0.39 is 0 Å². The van der Waals surface area contributed by atoms with Crippen LogP contribution >= 0.6 is 0 Å². The van der Waals surface area contributed by atoms with Crippen LogP contribution in [0.25, 0.3) is 0 Å². The first-order valence-corrected chi connectivity index (χ1v) is 8.81. The van der Waals surface area contributed by atoms with Crippen LogP contribution in [0.1, 0.15) is 42.1 Å². The third-order valence-electron chi connectivity index (χ3n) is 4.70. The minimum absolute atomic E-state index is 0.00214. The Balaban J connectivity index is 2.04. The number of ether oxygens (including phenoxy) is 2. The van der Waals surface area contributed by atoms with E-state index >= 15 is 0 Å². The predicted octanol–water partition coefficient (Wildman–Crippen LogP) is 2.39. The van der Waals surface area contributed by atoms with Crippen molar-refractivity contribution in [1.82, 2.24) is 10.2 Å². The highest BCUT2D eigenvalue weighted by molar-refractivity contribution is 5.95. The van der Waals surface area contributed by atoms with Crippen LogP contribution in [0.2, 0.25) is 0 Å². The number of carbonyl (C=O) groups is 2. The van der Waals surface area contributed by atoms with Crippen LogP contribution < -0.4 is 14.8 Å². The highest BCUT2D eigenvalue weighted by atomic mass is 16.5. The minimum Gasteiger partial charge on any atom is -0.496 e. The molecule has 0 aliphatic carbocycles. The summed E-state index contributed by atoms with van der Waals surface area (Å²) in [4.78, 5) is 26.7. The summed E-state index contributed by atoms with van der Waals surface area (Å²) in [5.74, 6) is 1.32. The van der Waals surface area contributed by atoms with E-state index in [9.17, 15) is 9.59 Å². The van der Waals surface area contributed by atoms with E-state index in [4.69, 9.17) is 9.47 Å². The maximum atomic E-state index is 12.8. The molecule has 1 heterocycles. The summed E-state index contributed by atoms with van der Waals surface area (Å²) in [6.45, 7) is 5.81. The summed E-state index contributed by atoms with van der Waals surface area (Å²) in [5, 5.41) is 2.94. The van der Waals surface area contributed by atoms with Crippen molar-refractivity contribution in [2.75, 3.05) is 33.9 Å². The molecule has 1 fully saturated rings. The van der Waals surface area contributed by atoms with Crippen molar-refractivity contribution in [3.8, 4) is 11.5 Å². The van der Waals surface area contributed by atoms with Crippen molar-refractivity contribution in [2.24, 2.45) is 5.92 Å². The second-order valence-electron chi connectivity index (χ2n) is 6.36. The van der Waals surface area contributed by atoms with Crippen LogP contribution in [-0.2, 0) is 4.79 Å². The third-order valence-corrected chi connectivity index (χ3v) is 4.70. The second kappa shape index (κ2) is 8.74. The molecule has 1 aromatic carbocycles. The molecule has 0 spiro atoms. The van der Waals surface area contributed by atoms with Crippen LogP contribution in [0.5, 0.6) is 11.5 Å². The lowest BCUT2D eigenvalue weighted by Gasteiger charge is -2.31. The van der Waals surface area contributed by atoms with Gasteiger partial charge in [0.2, 0.25) is 5.91 Å². The number of likely N-dealkylation sites (tertiary alicyclic amines) is 1. The average molecular weight is 348 g/mol. The van der Waals surface area contributed by atoms with Gasteiger partial charge in [0.1, 0.15) is 11.5 Å². The molecule has 0 bridgehead atoms. The molecule has 1 aliphatic heterocycles. The number of nitrogens with one attached hydrogen (secondary N) is 1. The minimum atomic E-state index is -0.0518. The van der Waals surface area contributed by atoms with E-state index in [0.29, 0.717) is 49.5 Å². The molecule has 25 heavy (non-hydrogen) atoms. The van der Waals surface area contributed by atoms with Crippen LogP contribution in [0.4, 0.5) is 0 Å². The second-order valence-corrected chi connectivity index (χ2v) is 6.36. The SMILES string of the molecule is CCCNC(=O)C1CCN(C(=O)c2cc(OC)c(C)c(OC)c2)CC1. The highest BCUT2D eigenvalue weighted by Crippen LogP contribution is 2.30. The lowest BCUT2D eigenvalue weighted by Crippen LogP contribution is -2.43. The van der Waals surface area contributed by atoms with Crippen LogP contribution in [0.3, 0.4) is 0 Å². The van der Waals surface area contributed by atoms with Crippen LogP contribution in [-0.4, -0.2) is 50.6 Å². The summed E-state index contributed by atoms with van der Waals surface area (Å²) in [5.41, 5.74) is 1.42. The standard InChI is InChI=1S/C19H28N2O4/c1-5-8-20-18(22)14-6-9-21(10-7-14)19(23)15-11-16(24-3)13(2)17(12-15)25-4/h11-12,14H,5-10H2,1-4H3,(H,20,22). The van der Waals surface area contributed by atoms with Crippen molar-refractivity contribution in [3.05, 3.63) is 23.3 Å². The molecule has 2 rings (SSSR count). The predicted molar refractivity (Wildman–Crippen MR) is 96.2 cm³/mol. The van der Waals surface area contributed by atoms with Gasteiger partial charge in [-0.05, 0) is 38.3 Å². The van der Waals surface area contributed by atoms with Gasteiger partial charge in [-0.1, -0.05) is 6.92 Å². The van der Waals surface area contributed by atoms with E-state index in [0.717, 1.165) is 12.0 Å². The third kappa shape index (κ3) is 4.44. The largest absolute Gasteiger partial charge is 0.496 e. The smallest absolute Gasteiger partial charge is 0.254 e. The number of piperidine rings is 1. The zero-order valence-corrected chi connectivity index (χ0v) is 15.6. The van der Waals surface area contributed by atoms with E-state index in [1.165, 1.54) is 0 Å². The number of rotatable bonds is 6. The van der Waals surface area contributed by atoms with E-state index in [1.54, 1.807) is 31.3 Å². The number of nitrogens with zero attached hydrogens (tertiary/aromatic N) is 1. The van der Waals surface area contributed by atoms with Crippen molar-refractivity contribution in [2.45, 2.75) is 33.1 Å².